The van der Waals surface area contributed by atoms with Crippen molar-refractivity contribution < 1.29 is 28.1 Å². The number of allylic oxidation sites excluding steroid dienone is 3. The highest BCUT2D eigenvalue weighted by molar-refractivity contribution is 7.14. The molecule has 0 saturated carbocycles. The van der Waals surface area contributed by atoms with Crippen molar-refractivity contribution in [2.24, 2.45) is 0 Å². The first-order valence-electron chi connectivity index (χ1n) is 9.71. The van der Waals surface area contributed by atoms with Crippen molar-refractivity contribution in [3.63, 3.8) is 0 Å². The fourth-order valence-corrected chi connectivity index (χ4v) is 3.66. The first-order chi connectivity index (χ1) is 15.4. The van der Waals surface area contributed by atoms with Gasteiger partial charge in [0, 0.05) is 61.8 Å². The quantitative estimate of drug-likeness (QED) is 0.477. The summed E-state index contributed by atoms with van der Waals surface area (Å²) >= 11 is 1.45. The highest BCUT2D eigenvalue weighted by Crippen LogP contribution is 2.37. The number of methoxy groups -OCH3 is 1. The lowest BCUT2D eigenvalue weighted by Crippen LogP contribution is -2.06. The van der Waals surface area contributed by atoms with Gasteiger partial charge in [-0.1, -0.05) is 18.2 Å². The number of aliphatic hydroxyl groups is 2. The third-order valence-corrected chi connectivity index (χ3v) is 5.31. The largest absolute Gasteiger partial charge is 0.400 e. The van der Waals surface area contributed by atoms with Crippen LogP contribution in [0.3, 0.4) is 0 Å². The van der Waals surface area contributed by atoms with Gasteiger partial charge in [0.25, 0.3) is 0 Å². The number of benzene rings is 1. The standard InChI is InChI=1S/C14H15F2NOS.C8H10FNO.CH4O/c1-8-4-5-9(13(16)12(8)15)11-7-19-14(17-2)10(11)6-18-3;9-7-3-4-8(10-6-7)2-1-5-11;1-2/h4-5,7,17H,6H2,1-3H3;2-4,6,10-11H,1,5H2;2H,1H3/b;8-2-;. The summed E-state index contributed by atoms with van der Waals surface area (Å²) in [7, 11) is 4.37. The summed E-state index contributed by atoms with van der Waals surface area (Å²) in [6.45, 7) is 2.01. The summed E-state index contributed by atoms with van der Waals surface area (Å²) in [6, 6.07) is 3.19. The number of halogens is 3. The van der Waals surface area contributed by atoms with E-state index in [4.69, 9.17) is 14.9 Å². The monoisotopic (exact) mass is 470 g/mol. The molecular formula is C23H29F3N2O3S. The van der Waals surface area contributed by atoms with Gasteiger partial charge >= 0.3 is 0 Å². The lowest BCUT2D eigenvalue weighted by atomic mass is 10.0. The van der Waals surface area contributed by atoms with Gasteiger partial charge in [0.05, 0.1) is 11.6 Å². The normalized spacial score (nSPS) is 13.4. The zero-order valence-electron chi connectivity index (χ0n) is 18.5. The Balaban J connectivity index is 0.000000335. The van der Waals surface area contributed by atoms with Crippen LogP contribution < -0.4 is 10.6 Å². The molecule has 1 aliphatic rings. The van der Waals surface area contributed by atoms with Crippen molar-refractivity contribution in [3.05, 3.63) is 76.2 Å². The summed E-state index contributed by atoms with van der Waals surface area (Å²) < 4.78 is 45.2. The van der Waals surface area contributed by atoms with E-state index in [0.717, 1.165) is 23.4 Å². The Labute approximate surface area is 190 Å². The summed E-state index contributed by atoms with van der Waals surface area (Å²) in [5.41, 5.74) is 2.91. The van der Waals surface area contributed by atoms with Crippen molar-refractivity contribution in [3.8, 4) is 11.1 Å². The van der Waals surface area contributed by atoms with Gasteiger partial charge < -0.3 is 25.6 Å². The second-order valence-corrected chi connectivity index (χ2v) is 7.26. The van der Waals surface area contributed by atoms with Crippen molar-refractivity contribution >= 4 is 16.3 Å². The SMILES string of the molecule is CNc1scc(-c2ccc(C)c(F)c2F)c1COC.CO.OCC/C=C1/C=CC(F)=CN1. The Morgan fingerprint density at radius 2 is 1.84 bits per heavy atom. The number of thiophene rings is 1. The van der Waals surface area contributed by atoms with Crippen LogP contribution in [-0.2, 0) is 11.3 Å². The van der Waals surface area contributed by atoms with Gasteiger partial charge in [-0.25, -0.2) is 13.2 Å². The number of hydrogen-bond acceptors (Lipinski definition) is 6. The molecule has 9 heteroatoms. The number of aliphatic hydroxyl groups excluding tert-OH is 2. The molecule has 0 fully saturated rings. The van der Waals surface area contributed by atoms with E-state index in [0.29, 0.717) is 24.2 Å². The number of anilines is 1. The Morgan fingerprint density at radius 3 is 2.41 bits per heavy atom. The van der Waals surface area contributed by atoms with Crippen molar-refractivity contribution in [2.75, 3.05) is 33.2 Å². The maximum absolute atomic E-state index is 14.1. The zero-order valence-corrected chi connectivity index (χ0v) is 19.3. The maximum Gasteiger partial charge on any atom is 0.166 e. The Morgan fingerprint density at radius 1 is 1.12 bits per heavy atom. The molecule has 0 amide bonds. The molecule has 2 aromatic rings. The summed E-state index contributed by atoms with van der Waals surface area (Å²) in [4.78, 5) is 0. The molecule has 0 aliphatic carbocycles. The van der Waals surface area contributed by atoms with Crippen LogP contribution in [0.4, 0.5) is 18.2 Å². The van der Waals surface area contributed by atoms with E-state index in [1.807, 2.05) is 5.38 Å². The minimum atomic E-state index is -0.808. The third kappa shape index (κ3) is 7.52. The first kappa shape index (κ1) is 27.4. The number of nitrogens with one attached hydrogen (secondary N) is 2. The number of ether oxygens (including phenoxy) is 1. The van der Waals surface area contributed by atoms with Crippen LogP contribution in [0, 0.1) is 18.6 Å². The smallest absolute Gasteiger partial charge is 0.166 e. The average molecular weight is 471 g/mol. The minimum Gasteiger partial charge on any atom is -0.400 e. The fourth-order valence-electron chi connectivity index (χ4n) is 2.72. The van der Waals surface area contributed by atoms with Gasteiger partial charge in [0.2, 0.25) is 0 Å². The van der Waals surface area contributed by atoms with E-state index < -0.39 is 11.6 Å². The van der Waals surface area contributed by atoms with Crippen LogP contribution in [0.2, 0.25) is 0 Å². The second kappa shape index (κ2) is 14.5. The Bertz CT molecular complexity index is 956. The van der Waals surface area contributed by atoms with Gasteiger partial charge in [-0.05, 0) is 31.1 Å². The van der Waals surface area contributed by atoms with Gasteiger partial charge in [-0.3, -0.25) is 0 Å². The van der Waals surface area contributed by atoms with E-state index in [2.05, 4.69) is 10.6 Å². The van der Waals surface area contributed by atoms with E-state index in [1.165, 1.54) is 23.6 Å². The van der Waals surface area contributed by atoms with Crippen molar-refractivity contribution in [1.29, 1.82) is 0 Å². The van der Waals surface area contributed by atoms with Gasteiger partial charge in [0.15, 0.2) is 11.6 Å². The average Bonchev–Trinajstić information content (AvgIpc) is 3.22. The lowest BCUT2D eigenvalue weighted by molar-refractivity contribution is 0.186. The summed E-state index contributed by atoms with van der Waals surface area (Å²) in [5, 5.41) is 23.9. The molecule has 32 heavy (non-hydrogen) atoms. The van der Waals surface area contributed by atoms with Crippen molar-refractivity contribution in [2.45, 2.75) is 20.0 Å². The predicted molar refractivity (Wildman–Crippen MR) is 124 cm³/mol. The molecule has 1 aliphatic heterocycles. The number of hydrogen-bond donors (Lipinski definition) is 4. The molecule has 176 valence electrons. The second-order valence-electron chi connectivity index (χ2n) is 6.38. The molecular weight excluding hydrogens is 441 g/mol. The van der Waals surface area contributed by atoms with E-state index in [1.54, 1.807) is 45.4 Å². The fraction of sp³-hybridized carbons (Fsp3) is 0.304. The third-order valence-electron chi connectivity index (χ3n) is 4.27. The Kier molecular flexibility index (Phi) is 12.4. The van der Waals surface area contributed by atoms with Crippen LogP contribution in [0.1, 0.15) is 17.5 Å². The molecule has 0 spiro atoms. The van der Waals surface area contributed by atoms with Gasteiger partial charge in [-0.2, -0.15) is 0 Å². The molecule has 0 saturated heterocycles. The molecule has 1 aromatic carbocycles. The molecule has 0 radical (unpaired) electrons. The van der Waals surface area contributed by atoms with Gasteiger partial charge in [-0.15, -0.1) is 11.3 Å². The topological polar surface area (TPSA) is 73.8 Å². The van der Waals surface area contributed by atoms with E-state index >= 15 is 0 Å². The molecule has 0 unspecified atom stereocenters. The van der Waals surface area contributed by atoms with Crippen LogP contribution in [0.5, 0.6) is 0 Å². The lowest BCUT2D eigenvalue weighted by Gasteiger charge is -2.09. The van der Waals surface area contributed by atoms with Crippen molar-refractivity contribution in [1.82, 2.24) is 5.32 Å². The molecule has 5 nitrogen and oxygen atoms in total. The van der Waals surface area contributed by atoms with E-state index in [9.17, 15) is 13.2 Å². The summed E-state index contributed by atoms with van der Waals surface area (Å²) in [6.07, 6.45) is 6.68. The van der Waals surface area contributed by atoms with Crippen LogP contribution in [-0.4, -0.2) is 38.1 Å². The highest BCUT2D eigenvalue weighted by Gasteiger charge is 2.18. The zero-order chi connectivity index (χ0) is 24.1. The number of aryl methyl sites for hydroxylation is 1. The van der Waals surface area contributed by atoms with E-state index in [-0.39, 0.29) is 18.0 Å². The maximum atomic E-state index is 14.1. The predicted octanol–water partition coefficient (Wildman–Crippen LogP) is 5.02. The Hall–Kier alpha value is -2.59. The van der Waals surface area contributed by atoms with Crippen LogP contribution in [0.25, 0.3) is 11.1 Å². The molecule has 1 aromatic heterocycles. The molecule has 2 heterocycles. The highest BCUT2D eigenvalue weighted by atomic mass is 32.1. The molecule has 4 N–H and O–H groups in total. The molecule has 0 bridgehead atoms. The van der Waals surface area contributed by atoms with Gasteiger partial charge in [0.1, 0.15) is 5.83 Å². The molecule has 3 rings (SSSR count). The minimum absolute atomic E-state index is 0.116. The number of rotatable bonds is 6. The first-order valence-corrected chi connectivity index (χ1v) is 10.6. The molecule has 0 atom stereocenters. The van der Waals surface area contributed by atoms with Crippen LogP contribution in [0.15, 0.2) is 53.5 Å². The number of dihydropyridines is 1. The summed E-state index contributed by atoms with van der Waals surface area (Å²) in [5.74, 6) is -1.89. The van der Waals surface area contributed by atoms with Crippen LogP contribution >= 0.6 is 11.3 Å².